The van der Waals surface area contributed by atoms with Crippen molar-refractivity contribution in [2.45, 2.75) is 39.2 Å². The Bertz CT molecular complexity index is 663. The number of rotatable bonds is 6. The molecule has 0 heterocycles. The highest BCUT2D eigenvalue weighted by Crippen LogP contribution is 2.38. The molecule has 1 fully saturated rings. The fourth-order valence-corrected chi connectivity index (χ4v) is 3.82. The average Bonchev–Trinajstić information content (AvgIpc) is 3.09. The molecule has 0 aromatic heterocycles. The predicted octanol–water partition coefficient (Wildman–Crippen LogP) is 3.91. The summed E-state index contributed by atoms with van der Waals surface area (Å²) in [7, 11) is 3.61. The molecule has 1 aromatic rings. The molecule has 0 atom stereocenters. The molecule has 0 spiro atoms. The van der Waals surface area contributed by atoms with Crippen molar-refractivity contribution in [1.29, 1.82) is 0 Å². The van der Waals surface area contributed by atoms with Gasteiger partial charge < -0.3 is 15.5 Å². The fourth-order valence-electron chi connectivity index (χ4n) is 3.42. The van der Waals surface area contributed by atoms with Crippen LogP contribution in [0.3, 0.4) is 0 Å². The number of hydrogen-bond donors (Lipinski definition) is 2. The number of halogens is 3. The van der Waals surface area contributed by atoms with Crippen LogP contribution in [-0.4, -0.2) is 44.0 Å². The number of carbonyl (C=O) groups is 1. The molecule has 1 aliphatic carbocycles. The summed E-state index contributed by atoms with van der Waals surface area (Å²) in [6, 6.07) is 4.83. The second kappa shape index (κ2) is 11.2. The van der Waals surface area contributed by atoms with Gasteiger partial charge in [-0.05, 0) is 38.0 Å². The number of aliphatic imine (C=N–C) groups is 1. The number of benzene rings is 1. The lowest BCUT2D eigenvalue weighted by Crippen LogP contribution is -2.49. The number of nitrogens with zero attached hydrogens (tertiary/aromatic N) is 2. The molecule has 152 valence electrons. The molecule has 0 radical (unpaired) electrons. The van der Waals surface area contributed by atoms with Gasteiger partial charge in [-0.2, -0.15) is 0 Å². The second-order valence-electron chi connectivity index (χ2n) is 6.97. The molecule has 8 heteroatoms. The topological polar surface area (TPSA) is 56.7 Å². The minimum Gasteiger partial charge on any atom is -0.357 e. The van der Waals surface area contributed by atoms with Gasteiger partial charge in [-0.25, -0.2) is 9.38 Å². The molecule has 1 amide bonds. The second-order valence-corrected chi connectivity index (χ2v) is 7.89. The van der Waals surface area contributed by atoms with Crippen LogP contribution in [0.1, 0.15) is 38.2 Å². The van der Waals surface area contributed by atoms with Crippen molar-refractivity contribution in [3.63, 3.8) is 0 Å². The van der Waals surface area contributed by atoms with Gasteiger partial charge in [0, 0.05) is 37.2 Å². The Hall–Kier alpha value is -0.900. The zero-order valence-corrected chi connectivity index (χ0v) is 20.1. The van der Waals surface area contributed by atoms with Crippen molar-refractivity contribution >= 4 is 51.8 Å². The largest absolute Gasteiger partial charge is 0.357 e. The Morgan fingerprint density at radius 3 is 2.56 bits per heavy atom. The van der Waals surface area contributed by atoms with E-state index in [4.69, 9.17) is 0 Å². The van der Waals surface area contributed by atoms with Crippen LogP contribution in [0.5, 0.6) is 0 Å². The number of guanidine groups is 1. The van der Waals surface area contributed by atoms with Crippen LogP contribution in [0.4, 0.5) is 4.39 Å². The van der Waals surface area contributed by atoms with Gasteiger partial charge in [-0.1, -0.05) is 28.8 Å². The van der Waals surface area contributed by atoms with Gasteiger partial charge >= 0.3 is 0 Å². The number of nitrogens with one attached hydrogen (secondary N) is 2. The average molecular weight is 555 g/mol. The van der Waals surface area contributed by atoms with Crippen LogP contribution in [0.2, 0.25) is 0 Å². The Balaban J connectivity index is 0.00000364. The van der Waals surface area contributed by atoms with Gasteiger partial charge in [0.25, 0.3) is 0 Å². The highest BCUT2D eigenvalue weighted by Gasteiger charge is 2.42. The standard InChI is InChI=1S/C19H28BrFN4O.HI/c1-4-22-18(23-12-14-11-15(20)7-8-16(14)21)24-13-19(9-5-6-10-19)17(26)25(2)3;/h7-8,11H,4-6,9-10,12-13H2,1-3H3,(H2,22,23,24);1H. The molecular formula is C19H29BrFIN4O. The first-order valence-corrected chi connectivity index (χ1v) is 9.85. The zero-order valence-electron chi connectivity index (χ0n) is 16.1. The third-order valence-corrected chi connectivity index (χ3v) is 5.27. The van der Waals surface area contributed by atoms with Crippen molar-refractivity contribution in [3.05, 3.63) is 34.1 Å². The molecule has 0 saturated heterocycles. The minimum atomic E-state index is -0.374. The maximum Gasteiger partial charge on any atom is 0.230 e. The van der Waals surface area contributed by atoms with Crippen LogP contribution in [0.15, 0.2) is 27.7 Å². The normalized spacial score (nSPS) is 15.8. The molecule has 0 aliphatic heterocycles. The van der Waals surface area contributed by atoms with Crippen molar-refractivity contribution in [3.8, 4) is 0 Å². The van der Waals surface area contributed by atoms with E-state index in [0.717, 1.165) is 30.2 Å². The van der Waals surface area contributed by atoms with Crippen LogP contribution >= 0.6 is 39.9 Å². The lowest BCUT2D eigenvalue weighted by Gasteiger charge is -2.31. The zero-order chi connectivity index (χ0) is 19.2. The maximum atomic E-state index is 13.9. The van der Waals surface area contributed by atoms with Gasteiger partial charge in [0.1, 0.15) is 5.82 Å². The lowest BCUT2D eigenvalue weighted by molar-refractivity contribution is -0.138. The molecule has 1 aromatic carbocycles. The number of amides is 1. The fraction of sp³-hybridized carbons (Fsp3) is 0.579. The first-order chi connectivity index (χ1) is 12.4. The lowest BCUT2D eigenvalue weighted by atomic mass is 9.84. The van der Waals surface area contributed by atoms with E-state index in [1.807, 2.05) is 6.92 Å². The molecule has 0 unspecified atom stereocenters. The first-order valence-electron chi connectivity index (χ1n) is 9.06. The predicted molar refractivity (Wildman–Crippen MR) is 122 cm³/mol. The Labute approximate surface area is 186 Å². The molecule has 1 aliphatic rings. The SMILES string of the molecule is CCNC(=NCc1cc(Br)ccc1F)NCC1(C(=O)N(C)C)CCCC1.I. The van der Waals surface area contributed by atoms with Crippen molar-refractivity contribution < 1.29 is 9.18 Å². The van der Waals surface area contributed by atoms with Gasteiger partial charge in [-0.15, -0.1) is 24.0 Å². The Morgan fingerprint density at radius 2 is 1.96 bits per heavy atom. The van der Waals surface area contributed by atoms with E-state index in [1.54, 1.807) is 31.1 Å². The molecule has 5 nitrogen and oxygen atoms in total. The third kappa shape index (κ3) is 6.58. The van der Waals surface area contributed by atoms with Crippen LogP contribution in [-0.2, 0) is 11.3 Å². The van der Waals surface area contributed by atoms with E-state index >= 15 is 0 Å². The van der Waals surface area contributed by atoms with Gasteiger partial charge in [-0.3, -0.25) is 4.79 Å². The monoisotopic (exact) mass is 554 g/mol. The summed E-state index contributed by atoms with van der Waals surface area (Å²) in [5.74, 6) is 0.490. The smallest absolute Gasteiger partial charge is 0.230 e. The number of carbonyl (C=O) groups excluding carboxylic acids is 1. The van der Waals surface area contributed by atoms with Gasteiger partial charge in [0.2, 0.25) is 5.91 Å². The Morgan fingerprint density at radius 1 is 1.30 bits per heavy atom. The van der Waals surface area contributed by atoms with Gasteiger partial charge in [0.05, 0.1) is 12.0 Å². The quantitative estimate of drug-likeness (QED) is 0.318. The van der Waals surface area contributed by atoms with Crippen LogP contribution in [0, 0.1) is 11.2 Å². The molecular weight excluding hydrogens is 526 g/mol. The summed E-state index contributed by atoms with van der Waals surface area (Å²) < 4.78 is 14.7. The van der Waals surface area contributed by atoms with E-state index < -0.39 is 0 Å². The molecule has 27 heavy (non-hydrogen) atoms. The van der Waals surface area contributed by atoms with E-state index in [0.29, 0.717) is 24.6 Å². The number of hydrogen-bond acceptors (Lipinski definition) is 2. The highest BCUT2D eigenvalue weighted by molar-refractivity contribution is 14.0. The highest BCUT2D eigenvalue weighted by atomic mass is 127. The molecule has 2 rings (SSSR count). The molecule has 0 bridgehead atoms. The summed E-state index contributed by atoms with van der Waals surface area (Å²) in [4.78, 5) is 18.8. The summed E-state index contributed by atoms with van der Waals surface area (Å²) in [6.45, 7) is 3.45. The third-order valence-electron chi connectivity index (χ3n) is 4.77. The maximum absolute atomic E-state index is 13.9. The summed E-state index contributed by atoms with van der Waals surface area (Å²) in [6.07, 6.45) is 3.91. The van der Waals surface area contributed by atoms with Gasteiger partial charge in [0.15, 0.2) is 5.96 Å². The first kappa shape index (κ1) is 24.1. The van der Waals surface area contributed by atoms with E-state index in [2.05, 4.69) is 31.6 Å². The van der Waals surface area contributed by atoms with Crippen LogP contribution in [0.25, 0.3) is 0 Å². The Kier molecular flexibility index (Phi) is 10.0. The summed E-state index contributed by atoms with van der Waals surface area (Å²) >= 11 is 3.36. The summed E-state index contributed by atoms with van der Waals surface area (Å²) in [5.41, 5.74) is 0.150. The van der Waals surface area contributed by atoms with Crippen molar-refractivity contribution in [2.75, 3.05) is 27.2 Å². The van der Waals surface area contributed by atoms with E-state index in [9.17, 15) is 9.18 Å². The summed E-state index contributed by atoms with van der Waals surface area (Å²) in [5, 5.41) is 6.48. The van der Waals surface area contributed by atoms with Crippen molar-refractivity contribution in [1.82, 2.24) is 15.5 Å². The van der Waals surface area contributed by atoms with Crippen molar-refractivity contribution in [2.24, 2.45) is 10.4 Å². The van der Waals surface area contributed by atoms with E-state index in [-0.39, 0.29) is 47.7 Å². The molecule has 2 N–H and O–H groups in total. The van der Waals surface area contributed by atoms with Crippen LogP contribution < -0.4 is 10.6 Å². The van der Waals surface area contributed by atoms with E-state index in [1.165, 1.54) is 6.07 Å². The molecule has 1 saturated carbocycles. The minimum absolute atomic E-state index is 0.